The Labute approximate surface area is 157 Å². The SMILES string of the molecule is CCC(CO)(CO)COCC1CCC(COCC(CO)(CO)CO)CC1. The van der Waals surface area contributed by atoms with Gasteiger partial charge in [-0.05, 0) is 43.9 Å². The Morgan fingerprint density at radius 1 is 0.654 bits per heavy atom. The smallest absolute Gasteiger partial charge is 0.0629 e. The third kappa shape index (κ3) is 7.03. The minimum atomic E-state index is -0.962. The van der Waals surface area contributed by atoms with Gasteiger partial charge in [-0.2, -0.15) is 0 Å². The maximum atomic E-state index is 9.44. The lowest BCUT2D eigenvalue weighted by Gasteiger charge is -2.32. The molecule has 0 aromatic heterocycles. The molecule has 1 fully saturated rings. The maximum Gasteiger partial charge on any atom is 0.0629 e. The fraction of sp³-hybridized carbons (Fsp3) is 1.00. The molecule has 0 atom stereocenters. The van der Waals surface area contributed by atoms with E-state index in [4.69, 9.17) is 9.47 Å². The molecule has 7 nitrogen and oxygen atoms in total. The third-order valence-electron chi connectivity index (χ3n) is 5.92. The molecule has 1 aliphatic carbocycles. The number of aliphatic hydroxyl groups is 5. The monoisotopic (exact) mass is 378 g/mol. The zero-order valence-corrected chi connectivity index (χ0v) is 16.1. The Morgan fingerprint density at radius 2 is 1.00 bits per heavy atom. The predicted molar refractivity (Wildman–Crippen MR) is 97.7 cm³/mol. The first-order chi connectivity index (χ1) is 12.5. The van der Waals surface area contributed by atoms with E-state index < -0.39 is 10.8 Å². The van der Waals surface area contributed by atoms with Crippen molar-refractivity contribution >= 4 is 0 Å². The second kappa shape index (κ2) is 12.2. The third-order valence-corrected chi connectivity index (χ3v) is 5.92. The summed E-state index contributed by atoms with van der Waals surface area (Å²) in [6, 6.07) is 0. The average molecular weight is 379 g/mol. The van der Waals surface area contributed by atoms with Crippen LogP contribution in [0.3, 0.4) is 0 Å². The Morgan fingerprint density at radius 3 is 1.31 bits per heavy atom. The number of hydrogen-bond donors (Lipinski definition) is 5. The van der Waals surface area contributed by atoms with Crippen molar-refractivity contribution in [2.45, 2.75) is 39.0 Å². The zero-order valence-electron chi connectivity index (χ0n) is 16.1. The van der Waals surface area contributed by atoms with Gasteiger partial charge in [0.1, 0.15) is 0 Å². The van der Waals surface area contributed by atoms with Crippen LogP contribution in [0.15, 0.2) is 0 Å². The van der Waals surface area contributed by atoms with Gasteiger partial charge in [-0.1, -0.05) is 6.92 Å². The second-order valence-corrected chi connectivity index (χ2v) is 8.06. The highest BCUT2D eigenvalue weighted by atomic mass is 16.5. The molecule has 1 rings (SSSR count). The van der Waals surface area contributed by atoms with Crippen molar-refractivity contribution in [3.05, 3.63) is 0 Å². The summed E-state index contributed by atoms with van der Waals surface area (Å²) in [6.07, 6.45) is 4.86. The molecule has 0 amide bonds. The first-order valence-corrected chi connectivity index (χ1v) is 9.72. The van der Waals surface area contributed by atoms with E-state index in [1.165, 1.54) is 0 Å². The van der Waals surface area contributed by atoms with Crippen molar-refractivity contribution in [2.75, 3.05) is 59.5 Å². The van der Waals surface area contributed by atoms with Crippen LogP contribution in [0.2, 0.25) is 0 Å². The van der Waals surface area contributed by atoms with Gasteiger partial charge >= 0.3 is 0 Å². The molecule has 0 aliphatic heterocycles. The van der Waals surface area contributed by atoms with Crippen molar-refractivity contribution in [1.82, 2.24) is 0 Å². The molecule has 156 valence electrons. The van der Waals surface area contributed by atoms with Gasteiger partial charge in [0, 0.05) is 18.6 Å². The summed E-state index contributed by atoms with van der Waals surface area (Å²) in [7, 11) is 0. The molecule has 7 heteroatoms. The van der Waals surface area contributed by atoms with E-state index in [0.717, 1.165) is 25.7 Å². The molecular weight excluding hydrogens is 340 g/mol. The lowest BCUT2D eigenvalue weighted by atomic mass is 9.82. The van der Waals surface area contributed by atoms with Crippen molar-refractivity contribution in [2.24, 2.45) is 22.7 Å². The van der Waals surface area contributed by atoms with Crippen LogP contribution in [0.25, 0.3) is 0 Å². The Balaban J connectivity index is 2.22. The summed E-state index contributed by atoms with van der Waals surface area (Å²) in [5.74, 6) is 0.939. The molecule has 1 saturated carbocycles. The van der Waals surface area contributed by atoms with Crippen LogP contribution in [-0.4, -0.2) is 85.0 Å². The summed E-state index contributed by atoms with van der Waals surface area (Å²) in [4.78, 5) is 0. The van der Waals surface area contributed by atoms with Crippen molar-refractivity contribution in [3.63, 3.8) is 0 Å². The molecule has 0 heterocycles. The van der Waals surface area contributed by atoms with E-state index >= 15 is 0 Å². The van der Waals surface area contributed by atoms with Gasteiger partial charge in [0.05, 0.1) is 51.7 Å². The summed E-state index contributed by atoms with van der Waals surface area (Å²) in [6.45, 7) is 2.66. The highest BCUT2D eigenvalue weighted by Gasteiger charge is 2.30. The topological polar surface area (TPSA) is 120 Å². The summed E-state index contributed by atoms with van der Waals surface area (Å²) >= 11 is 0. The predicted octanol–water partition coefficient (Wildman–Crippen LogP) is 0.170. The standard InChI is InChI=1S/C19H38O7/c1-2-18(9-20,10-21)14-25-7-16-3-5-17(6-4-16)8-26-15-19(11-22,12-23)13-24/h16-17,20-24H,2-15H2,1H3. The van der Waals surface area contributed by atoms with Gasteiger partial charge < -0.3 is 35.0 Å². The van der Waals surface area contributed by atoms with Crippen LogP contribution in [0.5, 0.6) is 0 Å². The lowest BCUT2D eigenvalue weighted by molar-refractivity contribution is -0.0686. The first-order valence-electron chi connectivity index (χ1n) is 9.72. The van der Waals surface area contributed by atoms with Gasteiger partial charge in [0.15, 0.2) is 0 Å². The summed E-state index contributed by atoms with van der Waals surface area (Å²) in [5, 5.41) is 46.8. The van der Waals surface area contributed by atoms with Crippen LogP contribution in [0, 0.1) is 22.7 Å². The van der Waals surface area contributed by atoms with E-state index in [9.17, 15) is 25.5 Å². The van der Waals surface area contributed by atoms with E-state index in [0.29, 0.717) is 38.1 Å². The number of aliphatic hydroxyl groups excluding tert-OH is 5. The maximum absolute atomic E-state index is 9.44. The van der Waals surface area contributed by atoms with Crippen molar-refractivity contribution < 1.29 is 35.0 Å². The molecule has 0 unspecified atom stereocenters. The Kier molecular flexibility index (Phi) is 11.2. The highest BCUT2D eigenvalue weighted by molar-refractivity contribution is 4.79. The number of rotatable bonds is 14. The minimum absolute atomic E-state index is 0.0684. The molecule has 0 aromatic rings. The van der Waals surface area contributed by atoms with Crippen LogP contribution in [-0.2, 0) is 9.47 Å². The molecule has 26 heavy (non-hydrogen) atoms. The van der Waals surface area contributed by atoms with E-state index in [1.807, 2.05) is 6.92 Å². The zero-order chi connectivity index (χ0) is 19.5. The van der Waals surface area contributed by atoms with Crippen LogP contribution >= 0.6 is 0 Å². The van der Waals surface area contributed by atoms with Crippen molar-refractivity contribution in [3.8, 4) is 0 Å². The van der Waals surface area contributed by atoms with Crippen LogP contribution in [0.4, 0.5) is 0 Å². The van der Waals surface area contributed by atoms with Gasteiger partial charge in [0.2, 0.25) is 0 Å². The Bertz CT molecular complexity index is 297. The van der Waals surface area contributed by atoms with Crippen molar-refractivity contribution in [1.29, 1.82) is 0 Å². The molecule has 0 radical (unpaired) electrons. The fourth-order valence-corrected chi connectivity index (χ4v) is 3.20. The quantitative estimate of drug-likeness (QED) is 0.292. The number of hydrogen-bond acceptors (Lipinski definition) is 7. The average Bonchev–Trinajstić information content (AvgIpc) is 2.70. The Hall–Kier alpha value is -0.280. The van der Waals surface area contributed by atoms with E-state index in [1.54, 1.807) is 0 Å². The normalized spacial score (nSPS) is 21.9. The van der Waals surface area contributed by atoms with Gasteiger partial charge in [-0.25, -0.2) is 0 Å². The summed E-state index contributed by atoms with van der Waals surface area (Å²) in [5.41, 5.74) is -1.50. The molecule has 5 N–H and O–H groups in total. The molecular formula is C19H38O7. The fourth-order valence-electron chi connectivity index (χ4n) is 3.20. The van der Waals surface area contributed by atoms with Crippen LogP contribution in [0.1, 0.15) is 39.0 Å². The minimum Gasteiger partial charge on any atom is -0.396 e. The second-order valence-electron chi connectivity index (χ2n) is 8.06. The highest BCUT2D eigenvalue weighted by Crippen LogP contribution is 2.30. The van der Waals surface area contributed by atoms with Gasteiger partial charge in [-0.15, -0.1) is 0 Å². The lowest BCUT2D eigenvalue weighted by Crippen LogP contribution is -2.39. The van der Waals surface area contributed by atoms with E-state index in [2.05, 4.69) is 0 Å². The summed E-state index contributed by atoms with van der Waals surface area (Å²) < 4.78 is 11.4. The van der Waals surface area contributed by atoms with Gasteiger partial charge in [0.25, 0.3) is 0 Å². The molecule has 0 spiro atoms. The largest absolute Gasteiger partial charge is 0.396 e. The van der Waals surface area contributed by atoms with Crippen LogP contribution < -0.4 is 0 Å². The first kappa shape index (κ1) is 23.8. The molecule has 0 saturated heterocycles. The van der Waals surface area contributed by atoms with Gasteiger partial charge in [-0.3, -0.25) is 0 Å². The molecule has 1 aliphatic rings. The number of ether oxygens (including phenoxy) is 2. The molecule has 0 aromatic carbocycles. The molecule has 0 bridgehead atoms. The van der Waals surface area contributed by atoms with E-state index in [-0.39, 0.29) is 39.6 Å².